The van der Waals surface area contributed by atoms with Crippen LogP contribution in [0.1, 0.15) is 117 Å². The molecule has 4 heterocycles. The average molecular weight is 1210 g/mol. The van der Waals surface area contributed by atoms with Crippen molar-refractivity contribution in [3.63, 3.8) is 0 Å². The zero-order valence-electron chi connectivity index (χ0n) is 45.9. The number of nitrogens with zero attached hydrogens (tertiary/aromatic N) is 2. The third kappa shape index (κ3) is 24.6. The van der Waals surface area contributed by atoms with Crippen LogP contribution < -0.4 is 21.3 Å². The van der Waals surface area contributed by atoms with Gasteiger partial charge in [-0.1, -0.05) is 12.8 Å². The first-order chi connectivity index (χ1) is 38.3. The molecule has 0 saturated carbocycles. The molecule has 33 heteroatoms. The van der Waals surface area contributed by atoms with Gasteiger partial charge in [0.1, 0.15) is 48.7 Å². The van der Waals surface area contributed by atoms with E-state index in [1.54, 1.807) is 0 Å². The maximum absolute atomic E-state index is 13.4. The minimum absolute atomic E-state index is 0.00924. The molecule has 4 saturated heterocycles. The zero-order valence-corrected chi connectivity index (χ0v) is 47.6. The number of ether oxygens (including phenoxy) is 4. The van der Waals surface area contributed by atoms with Crippen LogP contribution in [0.15, 0.2) is 0 Å². The molecule has 4 rings (SSSR count). The summed E-state index contributed by atoms with van der Waals surface area (Å²) in [6.07, 6.45) is -7.32. The van der Waals surface area contributed by atoms with Crippen LogP contribution in [-0.2, 0) is 70.4 Å². The zero-order chi connectivity index (χ0) is 59.9. The van der Waals surface area contributed by atoms with Gasteiger partial charge >= 0.3 is 15.6 Å². The highest BCUT2D eigenvalue weighted by atomic mass is 31.2. The maximum atomic E-state index is 13.4. The SMILES string of the molecule is CC(=O)NC1C(OCCCCC(=O)NCCCCCC(=O)N2C[C@H](O)C[C@H]2COP(=O)(O)O[C@@H]2C[C@@H](COP(=O)(O)O)N(C(=O)CCCCCNC(=O)CCCCOC3OC(CO)C(O)C(O)C3NC(C)=O)C2)OC(CO)C(O)C1O. The number of rotatable bonds is 36. The number of β-amino-alcohol motifs (C(OH)–C–C–N with tert-alkyl or cyclic N) is 1. The average Bonchev–Trinajstić information content (AvgIpc) is 4.06. The molecule has 0 aromatic carbocycles. The third-order valence-electron chi connectivity index (χ3n) is 14.0. The van der Waals surface area contributed by atoms with E-state index in [4.69, 9.17) is 28.0 Å². The summed E-state index contributed by atoms with van der Waals surface area (Å²) in [5, 5.41) is 81.0. The Bertz CT molecular complexity index is 2080. The molecule has 0 aliphatic carbocycles. The summed E-state index contributed by atoms with van der Waals surface area (Å²) < 4.78 is 62.5. The quantitative estimate of drug-likeness (QED) is 0.0217. The predicted molar refractivity (Wildman–Crippen MR) is 278 cm³/mol. The van der Waals surface area contributed by atoms with Crippen molar-refractivity contribution in [1.29, 1.82) is 0 Å². The fourth-order valence-corrected chi connectivity index (χ4v) is 11.1. The van der Waals surface area contributed by atoms with Gasteiger partial charge < -0.3 is 100 Å². The van der Waals surface area contributed by atoms with E-state index in [0.717, 1.165) is 0 Å². The fraction of sp³-hybridized carbons (Fsp3) is 0.875. The predicted octanol–water partition coefficient (Wildman–Crippen LogP) is -3.22. The normalized spacial score (nSPS) is 29.5. The Morgan fingerprint density at radius 3 is 1.43 bits per heavy atom. The van der Waals surface area contributed by atoms with Gasteiger partial charge in [0.05, 0.1) is 50.7 Å². The number of carbonyl (C=O) groups is 6. The first kappa shape index (κ1) is 70.1. The van der Waals surface area contributed by atoms with E-state index in [2.05, 4.69) is 25.8 Å². The molecule has 4 aliphatic heterocycles. The van der Waals surface area contributed by atoms with E-state index in [9.17, 15) is 88.3 Å². The summed E-state index contributed by atoms with van der Waals surface area (Å²) >= 11 is 0. The van der Waals surface area contributed by atoms with Crippen LogP contribution in [0.3, 0.4) is 0 Å². The van der Waals surface area contributed by atoms with Crippen molar-refractivity contribution in [2.75, 3.05) is 65.8 Å². The summed E-state index contributed by atoms with van der Waals surface area (Å²) in [5.41, 5.74) is 0. The summed E-state index contributed by atoms with van der Waals surface area (Å²) in [6, 6.07) is -3.87. The van der Waals surface area contributed by atoms with Crippen LogP contribution in [0.5, 0.6) is 0 Å². The van der Waals surface area contributed by atoms with Gasteiger partial charge in [-0.15, -0.1) is 0 Å². The van der Waals surface area contributed by atoms with Crippen LogP contribution in [0.25, 0.3) is 0 Å². The topological polar surface area (TPSA) is 458 Å². The lowest BCUT2D eigenvalue weighted by molar-refractivity contribution is -0.270. The third-order valence-corrected chi connectivity index (χ3v) is 15.5. The Kier molecular flexibility index (Phi) is 30.4. The molecule has 0 spiro atoms. The van der Waals surface area contributed by atoms with Crippen LogP contribution in [0, 0.1) is 0 Å². The van der Waals surface area contributed by atoms with Crippen LogP contribution in [-0.4, -0.2) is 247 Å². The number of aliphatic hydroxyl groups is 7. The van der Waals surface area contributed by atoms with Gasteiger partial charge in [-0.05, 0) is 64.2 Å². The summed E-state index contributed by atoms with van der Waals surface area (Å²) in [6.45, 7) is 0.790. The van der Waals surface area contributed by atoms with Crippen LogP contribution >= 0.6 is 15.6 Å². The Morgan fingerprint density at radius 2 is 0.988 bits per heavy atom. The molecule has 14 N–H and O–H groups in total. The monoisotopic (exact) mass is 1210 g/mol. The number of hydrogen-bond donors (Lipinski definition) is 14. The molecular formula is C48H86N6O25P2. The van der Waals surface area contributed by atoms with E-state index in [0.29, 0.717) is 77.3 Å². The molecule has 4 fully saturated rings. The van der Waals surface area contributed by atoms with E-state index >= 15 is 0 Å². The minimum Gasteiger partial charge on any atom is -0.394 e. The maximum Gasteiger partial charge on any atom is 0.472 e. The van der Waals surface area contributed by atoms with Crippen molar-refractivity contribution in [1.82, 2.24) is 31.1 Å². The van der Waals surface area contributed by atoms with Crippen LogP contribution in [0.4, 0.5) is 0 Å². The molecule has 0 aromatic rings. The van der Waals surface area contributed by atoms with Gasteiger partial charge in [0.15, 0.2) is 12.6 Å². The summed E-state index contributed by atoms with van der Waals surface area (Å²) in [7, 11) is -9.84. The van der Waals surface area contributed by atoms with Gasteiger partial charge in [0, 0.05) is 78.9 Å². The van der Waals surface area contributed by atoms with Crippen molar-refractivity contribution in [3.8, 4) is 0 Å². The lowest BCUT2D eigenvalue weighted by Gasteiger charge is -2.42. The first-order valence-corrected chi connectivity index (χ1v) is 30.5. The number of likely N-dealkylation sites (tertiary alicyclic amines) is 2. The molecule has 11 unspecified atom stereocenters. The lowest BCUT2D eigenvalue weighted by Crippen LogP contribution is -2.64. The van der Waals surface area contributed by atoms with E-state index in [-0.39, 0.29) is 82.5 Å². The van der Waals surface area contributed by atoms with Gasteiger partial charge in [-0.25, -0.2) is 9.13 Å². The molecule has 81 heavy (non-hydrogen) atoms. The minimum atomic E-state index is -4.97. The Balaban J connectivity index is 1.09. The Hall–Kier alpha value is -3.40. The second kappa shape index (κ2) is 35.2. The molecule has 0 aromatic heterocycles. The highest BCUT2D eigenvalue weighted by Gasteiger charge is 2.47. The van der Waals surface area contributed by atoms with Crippen molar-refractivity contribution < 1.29 is 121 Å². The standard InChI is InChI=1S/C48H86N6O25P2/c1-29(57)51-41-45(66)43(64)35(25-55)77-47(41)73-19-11-7-13-37(60)49-17-9-3-5-15-39(62)53-23-33(59)21-31(53)28-76-81(71,72)79-34-22-32(27-75-80(68,69)70)54(24-34)40(63)16-6-4-10-18-50-38(61)14-8-12-20-74-48-42(52-30(2)58)46(67)44(65)36(26-56)78-48/h31-36,41-48,55-56,59,64-67H,3-28H2,1-2H3,(H,49,60)(H,50,61)(H,51,57)(H,52,58)(H,71,72)(H2,68,69,70)/t31-,32-,33+,34+,35?,36?,41?,42?,43?,44?,45?,46?,47?,48?/m0/s1. The van der Waals surface area contributed by atoms with E-state index < -0.39 is 145 Å². The largest absolute Gasteiger partial charge is 0.472 e. The molecule has 4 aliphatic rings. The summed E-state index contributed by atoms with van der Waals surface area (Å²) in [4.78, 5) is 107. The molecule has 31 nitrogen and oxygen atoms in total. The molecule has 0 radical (unpaired) electrons. The summed E-state index contributed by atoms with van der Waals surface area (Å²) in [5.74, 6) is -2.18. The number of phosphoric ester groups is 2. The number of carbonyl (C=O) groups excluding carboxylic acids is 6. The number of phosphoric acid groups is 2. The van der Waals surface area contributed by atoms with E-state index in [1.807, 2.05) is 0 Å². The molecular weight excluding hydrogens is 1120 g/mol. The Morgan fingerprint density at radius 1 is 0.556 bits per heavy atom. The smallest absolute Gasteiger partial charge is 0.394 e. The lowest BCUT2D eigenvalue weighted by atomic mass is 9.97. The second-order valence-corrected chi connectivity index (χ2v) is 23.3. The molecule has 6 amide bonds. The molecule has 468 valence electrons. The number of unbranched alkanes of at least 4 members (excludes halogenated alkanes) is 6. The molecule has 0 bridgehead atoms. The Labute approximate surface area is 469 Å². The second-order valence-electron chi connectivity index (χ2n) is 20.6. The van der Waals surface area contributed by atoms with E-state index in [1.165, 1.54) is 23.6 Å². The highest BCUT2D eigenvalue weighted by Crippen LogP contribution is 2.47. The van der Waals surface area contributed by atoms with Gasteiger partial charge in [0.2, 0.25) is 35.4 Å². The van der Waals surface area contributed by atoms with Crippen molar-refractivity contribution in [2.24, 2.45) is 0 Å². The first-order valence-electron chi connectivity index (χ1n) is 27.5. The van der Waals surface area contributed by atoms with Gasteiger partial charge in [0.25, 0.3) is 0 Å². The van der Waals surface area contributed by atoms with Crippen molar-refractivity contribution in [3.05, 3.63) is 0 Å². The number of amides is 6. The number of nitrogens with one attached hydrogen (secondary N) is 4. The van der Waals surface area contributed by atoms with Crippen molar-refractivity contribution in [2.45, 2.75) is 202 Å². The molecule has 15 atom stereocenters. The number of hydrogen-bond acceptors (Lipinski definition) is 22. The van der Waals surface area contributed by atoms with Gasteiger partial charge in [-0.2, -0.15) is 0 Å². The fourth-order valence-electron chi connectivity index (χ4n) is 9.83. The highest BCUT2D eigenvalue weighted by molar-refractivity contribution is 7.47. The van der Waals surface area contributed by atoms with Gasteiger partial charge in [-0.3, -0.25) is 42.3 Å². The van der Waals surface area contributed by atoms with Crippen molar-refractivity contribution >= 4 is 51.1 Å². The van der Waals surface area contributed by atoms with Crippen LogP contribution in [0.2, 0.25) is 0 Å². The number of aliphatic hydroxyl groups excluding tert-OH is 7.